The summed E-state index contributed by atoms with van der Waals surface area (Å²) in [4.78, 5) is 0. The zero-order valence-corrected chi connectivity index (χ0v) is 6.30. The summed E-state index contributed by atoms with van der Waals surface area (Å²) >= 11 is 0.478. The molecule has 33 valence electrons. The fourth-order valence-corrected chi connectivity index (χ4v) is 4.04. The molecule has 1 rings (SSSR count). The molecule has 0 aliphatic carbocycles. The first-order chi connectivity index (χ1) is 2.93. The van der Waals surface area contributed by atoms with Gasteiger partial charge in [-0.05, 0) is 0 Å². The SMILES string of the molecule is NN=C1S[As]S1. The zero-order valence-electron chi connectivity index (χ0n) is 2.79. The summed E-state index contributed by atoms with van der Waals surface area (Å²) in [6.45, 7) is 0. The summed E-state index contributed by atoms with van der Waals surface area (Å²) in [5.41, 5.74) is 0. The molecule has 5 heteroatoms. The van der Waals surface area contributed by atoms with Crippen LogP contribution in [-0.4, -0.2) is 17.8 Å². The molecular formula is CH2AsN2S2. The average Bonchev–Trinajstić information content (AvgIpc) is 1.31. The van der Waals surface area contributed by atoms with Gasteiger partial charge < -0.3 is 0 Å². The fourth-order valence-electron chi connectivity index (χ4n) is 0.118. The van der Waals surface area contributed by atoms with Crippen molar-refractivity contribution >= 4 is 37.9 Å². The Morgan fingerprint density at radius 3 is 2.33 bits per heavy atom. The van der Waals surface area contributed by atoms with E-state index in [4.69, 9.17) is 5.84 Å². The van der Waals surface area contributed by atoms with Gasteiger partial charge in [0.1, 0.15) is 0 Å². The molecule has 1 radical (unpaired) electrons. The van der Waals surface area contributed by atoms with Gasteiger partial charge in [-0.1, -0.05) is 0 Å². The third-order valence-electron chi connectivity index (χ3n) is 0.336. The fraction of sp³-hybridized carbons (Fsp3) is 0. The Labute approximate surface area is 49.0 Å². The second-order valence-corrected chi connectivity index (χ2v) is 7.76. The van der Waals surface area contributed by atoms with E-state index >= 15 is 0 Å². The number of hydrogen-bond acceptors (Lipinski definition) is 4. The van der Waals surface area contributed by atoms with E-state index < -0.39 is 0 Å². The molecule has 1 heterocycles. The van der Waals surface area contributed by atoms with Crippen LogP contribution in [0, 0.1) is 0 Å². The molecule has 0 spiro atoms. The van der Waals surface area contributed by atoms with Crippen molar-refractivity contribution in [3.05, 3.63) is 0 Å². The quantitative estimate of drug-likeness (QED) is 0.330. The van der Waals surface area contributed by atoms with Crippen LogP contribution in [0.3, 0.4) is 0 Å². The second-order valence-electron chi connectivity index (χ2n) is 0.652. The molecule has 1 aliphatic rings. The summed E-state index contributed by atoms with van der Waals surface area (Å²) < 4.78 is 1.05. The average molecular weight is 181 g/mol. The van der Waals surface area contributed by atoms with Crippen LogP contribution in [0.15, 0.2) is 5.10 Å². The molecule has 0 unspecified atom stereocenters. The van der Waals surface area contributed by atoms with Gasteiger partial charge in [-0.25, -0.2) is 0 Å². The molecule has 2 N–H and O–H groups in total. The van der Waals surface area contributed by atoms with Gasteiger partial charge >= 0.3 is 48.8 Å². The van der Waals surface area contributed by atoms with E-state index in [1.165, 1.54) is 0 Å². The third kappa shape index (κ3) is 0.863. The van der Waals surface area contributed by atoms with Crippen molar-refractivity contribution in [3.8, 4) is 0 Å². The van der Waals surface area contributed by atoms with Crippen LogP contribution >= 0.6 is 20.0 Å². The summed E-state index contributed by atoms with van der Waals surface area (Å²) in [5, 5.41) is 3.46. The van der Waals surface area contributed by atoms with Crippen LogP contribution in [0.4, 0.5) is 0 Å². The molecule has 0 aromatic rings. The van der Waals surface area contributed by atoms with E-state index in [1.54, 1.807) is 20.0 Å². The molecule has 1 aliphatic heterocycles. The van der Waals surface area contributed by atoms with E-state index in [1.807, 2.05) is 0 Å². The summed E-state index contributed by atoms with van der Waals surface area (Å²) in [6, 6.07) is 0. The minimum absolute atomic E-state index is 0.478. The maximum atomic E-state index is 4.90. The number of nitrogens with zero attached hydrogens (tertiary/aromatic N) is 1. The predicted molar refractivity (Wildman–Crippen MR) is 32.6 cm³/mol. The second kappa shape index (κ2) is 2.14. The van der Waals surface area contributed by atoms with Crippen molar-refractivity contribution in [1.82, 2.24) is 0 Å². The van der Waals surface area contributed by atoms with Crippen LogP contribution in [0.2, 0.25) is 0 Å². The molecule has 0 atom stereocenters. The maximum absolute atomic E-state index is 4.90. The van der Waals surface area contributed by atoms with Crippen LogP contribution in [0.25, 0.3) is 0 Å². The van der Waals surface area contributed by atoms with Crippen LogP contribution in [0.5, 0.6) is 0 Å². The van der Waals surface area contributed by atoms with E-state index in [-0.39, 0.29) is 0 Å². The molecular weight excluding hydrogens is 179 g/mol. The summed E-state index contributed by atoms with van der Waals surface area (Å²) in [5.74, 6) is 4.90. The van der Waals surface area contributed by atoms with Crippen molar-refractivity contribution in [2.75, 3.05) is 0 Å². The molecule has 0 aromatic carbocycles. The first kappa shape index (κ1) is 4.88. The Morgan fingerprint density at radius 2 is 2.33 bits per heavy atom. The van der Waals surface area contributed by atoms with Gasteiger partial charge in [0, 0.05) is 0 Å². The standard InChI is InChI=1S/CH2AsN2S2/c3-4-1-5-2-6-1/h3H2. The topological polar surface area (TPSA) is 38.4 Å². The third-order valence-corrected chi connectivity index (χ3v) is 8.56. The summed E-state index contributed by atoms with van der Waals surface area (Å²) in [6.07, 6.45) is 0. The molecule has 1 saturated heterocycles. The molecule has 2 nitrogen and oxygen atoms in total. The number of rotatable bonds is 0. The van der Waals surface area contributed by atoms with E-state index in [2.05, 4.69) is 5.10 Å². The first-order valence-corrected chi connectivity index (χ1v) is 7.40. The van der Waals surface area contributed by atoms with Gasteiger partial charge in [0.05, 0.1) is 0 Å². The first-order valence-electron chi connectivity index (χ1n) is 1.26. The number of hydrazone groups is 1. The van der Waals surface area contributed by atoms with Gasteiger partial charge in [-0.3, -0.25) is 0 Å². The molecule has 0 bridgehead atoms. The van der Waals surface area contributed by atoms with Gasteiger partial charge in [0.2, 0.25) is 0 Å². The van der Waals surface area contributed by atoms with Gasteiger partial charge in [0.15, 0.2) is 0 Å². The van der Waals surface area contributed by atoms with E-state index in [0.29, 0.717) is 13.4 Å². The van der Waals surface area contributed by atoms with Crippen molar-refractivity contribution in [1.29, 1.82) is 0 Å². The van der Waals surface area contributed by atoms with Gasteiger partial charge in [-0.2, -0.15) is 0 Å². The van der Waals surface area contributed by atoms with Crippen LogP contribution in [0.1, 0.15) is 0 Å². The van der Waals surface area contributed by atoms with Crippen molar-refractivity contribution < 1.29 is 0 Å². The van der Waals surface area contributed by atoms with Gasteiger partial charge in [-0.15, -0.1) is 0 Å². The minimum atomic E-state index is 0.478. The Morgan fingerprint density at radius 1 is 1.67 bits per heavy atom. The number of nitrogens with two attached hydrogens (primary N) is 1. The Kier molecular flexibility index (Phi) is 1.74. The van der Waals surface area contributed by atoms with Crippen molar-refractivity contribution in [3.63, 3.8) is 0 Å². The molecule has 0 saturated carbocycles. The monoisotopic (exact) mass is 181 g/mol. The van der Waals surface area contributed by atoms with Crippen LogP contribution in [-0.2, 0) is 0 Å². The van der Waals surface area contributed by atoms with E-state index in [9.17, 15) is 0 Å². The predicted octanol–water partition coefficient (Wildman–Crippen LogP) is 0.230. The molecule has 1 fully saturated rings. The van der Waals surface area contributed by atoms with Gasteiger partial charge in [0.25, 0.3) is 0 Å². The van der Waals surface area contributed by atoms with Crippen molar-refractivity contribution in [2.45, 2.75) is 0 Å². The Balaban J connectivity index is 2.34. The van der Waals surface area contributed by atoms with Crippen molar-refractivity contribution in [2.24, 2.45) is 10.9 Å². The Hall–Kier alpha value is 0.728. The Bertz CT molecular complexity index is 75.6. The normalized spacial score (nSPS) is 23.7. The number of hydrogen-bond donors (Lipinski definition) is 1. The summed E-state index contributed by atoms with van der Waals surface area (Å²) in [7, 11) is 3.57. The zero-order chi connectivity index (χ0) is 4.41. The van der Waals surface area contributed by atoms with Crippen LogP contribution < -0.4 is 5.84 Å². The molecule has 0 aromatic heterocycles. The molecule has 0 amide bonds. The molecule has 6 heavy (non-hydrogen) atoms. The van der Waals surface area contributed by atoms with E-state index in [0.717, 1.165) is 4.38 Å².